The summed E-state index contributed by atoms with van der Waals surface area (Å²) in [5, 5.41) is 15.1. The normalized spacial score (nSPS) is 23.7. The molecule has 0 saturated heterocycles. The van der Waals surface area contributed by atoms with Crippen LogP contribution in [0.2, 0.25) is 0 Å². The zero-order valence-corrected chi connectivity index (χ0v) is 11.5. The quantitative estimate of drug-likeness (QED) is 0.330. The molecule has 1 saturated carbocycles. The minimum Gasteiger partial charge on any atom is -0.409 e. The summed E-state index contributed by atoms with van der Waals surface area (Å²) in [6.07, 6.45) is 4.11. The van der Waals surface area contributed by atoms with E-state index in [2.05, 4.69) is 17.4 Å². The Hall–Kier alpha value is -1.55. The number of nitrogens with one attached hydrogen (secondary N) is 1. The fourth-order valence-electron chi connectivity index (χ4n) is 2.78. The van der Waals surface area contributed by atoms with Crippen LogP contribution in [0.3, 0.4) is 0 Å². The third kappa shape index (κ3) is 3.70. The van der Waals surface area contributed by atoms with Crippen molar-refractivity contribution >= 4 is 5.84 Å². The van der Waals surface area contributed by atoms with E-state index >= 15 is 0 Å². The fraction of sp³-hybridized carbons (Fsp3) is 0.533. The molecule has 4 N–H and O–H groups in total. The van der Waals surface area contributed by atoms with Gasteiger partial charge >= 0.3 is 0 Å². The molecule has 0 amide bonds. The van der Waals surface area contributed by atoms with Crippen LogP contribution in [0.25, 0.3) is 0 Å². The van der Waals surface area contributed by atoms with Crippen molar-refractivity contribution in [3.8, 4) is 0 Å². The zero-order valence-electron chi connectivity index (χ0n) is 11.5. The van der Waals surface area contributed by atoms with E-state index in [4.69, 9.17) is 10.9 Å². The first-order valence-electron chi connectivity index (χ1n) is 6.98. The Morgan fingerprint density at radius 2 is 2.11 bits per heavy atom. The van der Waals surface area contributed by atoms with Gasteiger partial charge in [-0.1, -0.05) is 49.2 Å². The van der Waals surface area contributed by atoms with Gasteiger partial charge < -0.3 is 16.3 Å². The van der Waals surface area contributed by atoms with Crippen molar-refractivity contribution in [2.75, 3.05) is 6.54 Å². The van der Waals surface area contributed by atoms with Crippen molar-refractivity contribution in [2.24, 2.45) is 22.7 Å². The lowest BCUT2D eigenvalue weighted by molar-refractivity contribution is 0.318. The molecule has 2 rings (SSSR count). The Morgan fingerprint density at radius 1 is 1.37 bits per heavy atom. The molecule has 2 unspecified atom stereocenters. The van der Waals surface area contributed by atoms with E-state index in [0.29, 0.717) is 0 Å². The summed E-state index contributed by atoms with van der Waals surface area (Å²) in [6.45, 7) is 4.33. The van der Waals surface area contributed by atoms with Gasteiger partial charge in [-0.25, -0.2) is 0 Å². The molecule has 2 atom stereocenters. The molecule has 0 aliphatic heterocycles. The molecule has 0 aromatic heterocycles. The van der Waals surface area contributed by atoms with Crippen LogP contribution < -0.4 is 11.1 Å². The van der Waals surface area contributed by atoms with Crippen molar-refractivity contribution in [1.82, 2.24) is 5.32 Å². The number of oxime groups is 1. The summed E-state index contributed by atoms with van der Waals surface area (Å²) < 4.78 is 0. The minimum atomic E-state index is 0.152. The maximum absolute atomic E-state index is 8.60. The smallest absolute Gasteiger partial charge is 0.170 e. The highest BCUT2D eigenvalue weighted by Crippen LogP contribution is 2.30. The third-order valence-electron chi connectivity index (χ3n) is 4.13. The first-order valence-corrected chi connectivity index (χ1v) is 6.98. The fourth-order valence-corrected chi connectivity index (χ4v) is 2.78. The molecule has 0 bridgehead atoms. The molecule has 0 radical (unpaired) electrons. The minimum absolute atomic E-state index is 0.152. The highest BCUT2D eigenvalue weighted by molar-refractivity contribution is 5.96. The van der Waals surface area contributed by atoms with E-state index in [9.17, 15) is 0 Å². The van der Waals surface area contributed by atoms with Crippen LogP contribution in [-0.4, -0.2) is 17.6 Å². The maximum atomic E-state index is 8.60. The number of amidine groups is 1. The van der Waals surface area contributed by atoms with Crippen molar-refractivity contribution in [2.45, 2.75) is 32.7 Å². The third-order valence-corrected chi connectivity index (χ3v) is 4.13. The standard InChI is InChI=1S/C15H23N3O/c1-11-3-2-4-14(11)10-17-9-12-5-7-13(8-6-12)15(16)18-19/h5-8,11,14,17,19H,2-4,9-10H2,1H3,(H2,16,18). The largest absolute Gasteiger partial charge is 0.409 e. The van der Waals surface area contributed by atoms with E-state index in [1.54, 1.807) is 0 Å². The van der Waals surface area contributed by atoms with Gasteiger partial charge in [0.2, 0.25) is 0 Å². The topological polar surface area (TPSA) is 70.6 Å². The lowest BCUT2D eigenvalue weighted by Gasteiger charge is -2.16. The molecule has 104 valence electrons. The summed E-state index contributed by atoms with van der Waals surface area (Å²) in [7, 11) is 0. The molecule has 4 heteroatoms. The predicted octanol–water partition coefficient (Wildman–Crippen LogP) is 2.31. The van der Waals surface area contributed by atoms with Crippen LogP contribution in [0.4, 0.5) is 0 Å². The Labute approximate surface area is 114 Å². The van der Waals surface area contributed by atoms with Gasteiger partial charge in [0, 0.05) is 12.1 Å². The van der Waals surface area contributed by atoms with Gasteiger partial charge in [0.15, 0.2) is 5.84 Å². The summed E-state index contributed by atoms with van der Waals surface area (Å²) in [5.41, 5.74) is 7.50. The van der Waals surface area contributed by atoms with E-state index in [-0.39, 0.29) is 5.84 Å². The molecule has 0 heterocycles. The highest BCUT2D eigenvalue weighted by atomic mass is 16.4. The molecule has 19 heavy (non-hydrogen) atoms. The SMILES string of the molecule is CC1CCCC1CNCc1ccc(/C(N)=N/O)cc1. The van der Waals surface area contributed by atoms with Crippen LogP contribution in [0.5, 0.6) is 0 Å². The summed E-state index contributed by atoms with van der Waals surface area (Å²) in [4.78, 5) is 0. The molecule has 0 spiro atoms. The van der Waals surface area contributed by atoms with Gasteiger partial charge in [0.25, 0.3) is 0 Å². The van der Waals surface area contributed by atoms with Crippen molar-refractivity contribution < 1.29 is 5.21 Å². The number of hydrogen-bond acceptors (Lipinski definition) is 3. The highest BCUT2D eigenvalue weighted by Gasteiger charge is 2.22. The molecule has 1 aromatic carbocycles. The Bertz CT molecular complexity index is 428. The average molecular weight is 261 g/mol. The second-order valence-electron chi connectivity index (χ2n) is 5.48. The van der Waals surface area contributed by atoms with Crippen LogP contribution in [0.1, 0.15) is 37.3 Å². The van der Waals surface area contributed by atoms with Crippen LogP contribution >= 0.6 is 0 Å². The first-order chi connectivity index (χ1) is 9.20. The number of hydrogen-bond donors (Lipinski definition) is 3. The maximum Gasteiger partial charge on any atom is 0.170 e. The van der Waals surface area contributed by atoms with Crippen LogP contribution in [0.15, 0.2) is 29.4 Å². The molecular weight excluding hydrogens is 238 g/mol. The van der Waals surface area contributed by atoms with Crippen LogP contribution in [-0.2, 0) is 6.54 Å². The number of nitrogens with zero attached hydrogens (tertiary/aromatic N) is 1. The van der Waals surface area contributed by atoms with E-state index in [1.807, 2.05) is 24.3 Å². The number of rotatable bonds is 5. The second kappa shape index (κ2) is 6.57. The number of benzene rings is 1. The van der Waals surface area contributed by atoms with Gasteiger partial charge in [-0.05, 0) is 30.4 Å². The number of nitrogens with two attached hydrogens (primary N) is 1. The van der Waals surface area contributed by atoms with Gasteiger partial charge in [0.05, 0.1) is 0 Å². The van der Waals surface area contributed by atoms with Gasteiger partial charge in [0.1, 0.15) is 0 Å². The van der Waals surface area contributed by atoms with Gasteiger partial charge in [-0.2, -0.15) is 0 Å². The van der Waals surface area contributed by atoms with E-state index in [1.165, 1.54) is 24.8 Å². The summed E-state index contributed by atoms with van der Waals surface area (Å²) in [5.74, 6) is 1.84. The molecule has 1 aromatic rings. The Kier molecular flexibility index (Phi) is 4.80. The molecule has 1 aliphatic carbocycles. The van der Waals surface area contributed by atoms with Gasteiger partial charge in [-0.15, -0.1) is 0 Å². The van der Waals surface area contributed by atoms with Crippen molar-refractivity contribution in [1.29, 1.82) is 0 Å². The van der Waals surface area contributed by atoms with E-state index in [0.717, 1.165) is 30.5 Å². The first kappa shape index (κ1) is 13.9. The van der Waals surface area contributed by atoms with E-state index < -0.39 is 0 Å². The van der Waals surface area contributed by atoms with Crippen molar-refractivity contribution in [3.63, 3.8) is 0 Å². The lowest BCUT2D eigenvalue weighted by atomic mass is 9.98. The second-order valence-corrected chi connectivity index (χ2v) is 5.48. The predicted molar refractivity (Wildman–Crippen MR) is 77.2 cm³/mol. The van der Waals surface area contributed by atoms with Crippen LogP contribution in [0, 0.1) is 11.8 Å². The molecule has 4 nitrogen and oxygen atoms in total. The van der Waals surface area contributed by atoms with Gasteiger partial charge in [-0.3, -0.25) is 0 Å². The lowest BCUT2D eigenvalue weighted by Crippen LogP contribution is -2.24. The Balaban J connectivity index is 1.80. The summed E-state index contributed by atoms with van der Waals surface area (Å²) >= 11 is 0. The molecule has 1 fully saturated rings. The summed E-state index contributed by atoms with van der Waals surface area (Å²) in [6, 6.07) is 7.78. The average Bonchev–Trinajstić information content (AvgIpc) is 2.84. The van der Waals surface area contributed by atoms with Crippen molar-refractivity contribution in [3.05, 3.63) is 35.4 Å². The monoisotopic (exact) mass is 261 g/mol. The zero-order chi connectivity index (χ0) is 13.7. The molecular formula is C15H23N3O. The molecule has 1 aliphatic rings. The Morgan fingerprint density at radius 3 is 2.68 bits per heavy atom.